The van der Waals surface area contributed by atoms with Gasteiger partial charge in [-0.3, -0.25) is 4.79 Å². The van der Waals surface area contributed by atoms with Gasteiger partial charge in [0, 0.05) is 0 Å². The molecular weight excluding hydrogens is 206 g/mol. The Bertz CT molecular complexity index is 426. The molecule has 0 aromatic heterocycles. The maximum atomic E-state index is 11.7. The Morgan fingerprint density at radius 1 is 1.31 bits per heavy atom. The Hall–Kier alpha value is -1.84. The summed E-state index contributed by atoms with van der Waals surface area (Å²) in [6, 6.07) is 5.38. The number of carbonyl (C=O) groups is 2. The molecule has 1 unspecified atom stereocenters. The highest BCUT2D eigenvalue weighted by Crippen LogP contribution is 2.12. The number of hydrogen-bond donors (Lipinski definition) is 1. The minimum atomic E-state index is -0.909. The van der Waals surface area contributed by atoms with Gasteiger partial charge in [0.25, 0.3) is 5.91 Å². The third-order valence-electron chi connectivity index (χ3n) is 2.29. The van der Waals surface area contributed by atoms with Crippen LogP contribution in [-0.2, 0) is 9.53 Å². The SMILES string of the molecule is Cc1ccc(C(=O)OC(C)C(N)=O)c(C)c1. The van der Waals surface area contributed by atoms with Gasteiger partial charge in [0.15, 0.2) is 6.10 Å². The summed E-state index contributed by atoms with van der Waals surface area (Å²) < 4.78 is 4.91. The van der Waals surface area contributed by atoms with Crippen LogP contribution in [0.4, 0.5) is 0 Å². The third-order valence-corrected chi connectivity index (χ3v) is 2.29. The first-order chi connectivity index (χ1) is 7.41. The number of hydrogen-bond acceptors (Lipinski definition) is 3. The van der Waals surface area contributed by atoms with Gasteiger partial charge in [-0.05, 0) is 32.4 Å². The van der Waals surface area contributed by atoms with Gasteiger partial charge in [-0.2, -0.15) is 0 Å². The first kappa shape index (κ1) is 12.2. The summed E-state index contributed by atoms with van der Waals surface area (Å²) >= 11 is 0. The normalized spacial score (nSPS) is 11.9. The van der Waals surface area contributed by atoms with Crippen molar-refractivity contribution >= 4 is 11.9 Å². The average molecular weight is 221 g/mol. The zero-order valence-corrected chi connectivity index (χ0v) is 9.61. The fourth-order valence-corrected chi connectivity index (χ4v) is 1.32. The lowest BCUT2D eigenvalue weighted by Crippen LogP contribution is -2.30. The van der Waals surface area contributed by atoms with E-state index in [1.807, 2.05) is 26.0 Å². The van der Waals surface area contributed by atoms with E-state index in [1.165, 1.54) is 6.92 Å². The monoisotopic (exact) mass is 221 g/mol. The molecule has 0 radical (unpaired) electrons. The van der Waals surface area contributed by atoms with Gasteiger partial charge in [0.05, 0.1) is 5.56 Å². The maximum Gasteiger partial charge on any atom is 0.339 e. The first-order valence-corrected chi connectivity index (χ1v) is 4.99. The second-order valence-electron chi connectivity index (χ2n) is 3.77. The van der Waals surface area contributed by atoms with Crippen LogP contribution in [0.15, 0.2) is 18.2 Å². The highest BCUT2D eigenvalue weighted by atomic mass is 16.5. The minimum Gasteiger partial charge on any atom is -0.449 e. The van der Waals surface area contributed by atoms with Gasteiger partial charge in [-0.25, -0.2) is 4.79 Å². The van der Waals surface area contributed by atoms with E-state index in [1.54, 1.807) is 6.07 Å². The summed E-state index contributed by atoms with van der Waals surface area (Å²) in [6.07, 6.45) is -0.909. The van der Waals surface area contributed by atoms with Gasteiger partial charge in [0.1, 0.15) is 0 Å². The van der Waals surface area contributed by atoms with Gasteiger partial charge in [-0.15, -0.1) is 0 Å². The molecule has 86 valence electrons. The van der Waals surface area contributed by atoms with Crippen molar-refractivity contribution in [3.63, 3.8) is 0 Å². The number of nitrogens with two attached hydrogens (primary N) is 1. The predicted molar refractivity (Wildman–Crippen MR) is 60.0 cm³/mol. The number of ether oxygens (including phenoxy) is 1. The van der Waals surface area contributed by atoms with Crippen LogP contribution < -0.4 is 5.73 Å². The molecule has 1 aromatic carbocycles. The summed E-state index contributed by atoms with van der Waals surface area (Å²) in [4.78, 5) is 22.4. The van der Waals surface area contributed by atoms with Crippen molar-refractivity contribution in [1.82, 2.24) is 0 Å². The molecule has 4 nitrogen and oxygen atoms in total. The molecule has 2 N–H and O–H groups in total. The van der Waals surface area contributed by atoms with E-state index in [0.29, 0.717) is 5.56 Å². The summed E-state index contributed by atoms with van der Waals surface area (Å²) in [5.41, 5.74) is 7.35. The minimum absolute atomic E-state index is 0.457. The van der Waals surface area contributed by atoms with Gasteiger partial charge >= 0.3 is 5.97 Å². The summed E-state index contributed by atoms with van der Waals surface area (Å²) in [7, 11) is 0. The second-order valence-corrected chi connectivity index (χ2v) is 3.77. The molecule has 0 spiro atoms. The standard InChI is InChI=1S/C12H15NO3/c1-7-4-5-10(8(2)6-7)12(15)16-9(3)11(13)14/h4-6,9H,1-3H3,(H2,13,14). The van der Waals surface area contributed by atoms with Gasteiger partial charge < -0.3 is 10.5 Å². The second kappa shape index (κ2) is 4.79. The molecule has 0 saturated heterocycles. The molecule has 0 heterocycles. The van der Waals surface area contributed by atoms with E-state index in [2.05, 4.69) is 0 Å². The molecule has 1 atom stereocenters. The number of primary amides is 1. The van der Waals surface area contributed by atoms with Crippen LogP contribution in [-0.4, -0.2) is 18.0 Å². The molecule has 0 fully saturated rings. The maximum absolute atomic E-state index is 11.7. The lowest BCUT2D eigenvalue weighted by atomic mass is 10.1. The van der Waals surface area contributed by atoms with Crippen LogP contribution in [0, 0.1) is 13.8 Å². The van der Waals surface area contributed by atoms with Crippen LogP contribution >= 0.6 is 0 Å². The quantitative estimate of drug-likeness (QED) is 0.783. The van der Waals surface area contributed by atoms with Crippen molar-refractivity contribution in [2.24, 2.45) is 5.73 Å². The van der Waals surface area contributed by atoms with Crippen molar-refractivity contribution in [3.05, 3.63) is 34.9 Å². The highest BCUT2D eigenvalue weighted by molar-refractivity contribution is 5.93. The molecule has 4 heteroatoms. The lowest BCUT2D eigenvalue weighted by Gasteiger charge is -2.11. The summed E-state index contributed by atoms with van der Waals surface area (Å²) in [6.45, 7) is 5.20. The number of esters is 1. The largest absolute Gasteiger partial charge is 0.449 e. The Kier molecular flexibility index (Phi) is 3.66. The molecule has 1 rings (SSSR count). The number of aryl methyl sites for hydroxylation is 2. The van der Waals surface area contributed by atoms with Crippen molar-refractivity contribution in [2.75, 3.05) is 0 Å². The highest BCUT2D eigenvalue weighted by Gasteiger charge is 2.17. The molecule has 16 heavy (non-hydrogen) atoms. The van der Waals surface area contributed by atoms with E-state index in [9.17, 15) is 9.59 Å². The first-order valence-electron chi connectivity index (χ1n) is 4.99. The Morgan fingerprint density at radius 3 is 2.44 bits per heavy atom. The number of benzene rings is 1. The van der Waals surface area contributed by atoms with Crippen molar-refractivity contribution in [1.29, 1.82) is 0 Å². The van der Waals surface area contributed by atoms with E-state index < -0.39 is 18.0 Å². The van der Waals surface area contributed by atoms with Crippen molar-refractivity contribution < 1.29 is 14.3 Å². The Balaban J connectivity index is 2.85. The molecule has 0 aliphatic carbocycles. The molecule has 0 bridgehead atoms. The van der Waals surface area contributed by atoms with Crippen LogP contribution in [0.25, 0.3) is 0 Å². The van der Waals surface area contributed by atoms with Crippen LogP contribution in [0.5, 0.6) is 0 Å². The number of carbonyl (C=O) groups excluding carboxylic acids is 2. The van der Waals surface area contributed by atoms with E-state index in [4.69, 9.17) is 10.5 Å². The van der Waals surface area contributed by atoms with E-state index in [-0.39, 0.29) is 0 Å². The topological polar surface area (TPSA) is 69.4 Å². The van der Waals surface area contributed by atoms with Crippen molar-refractivity contribution in [3.8, 4) is 0 Å². The zero-order chi connectivity index (χ0) is 12.3. The molecular formula is C12H15NO3. The van der Waals surface area contributed by atoms with Crippen LogP contribution in [0.1, 0.15) is 28.4 Å². The summed E-state index contributed by atoms with van der Waals surface area (Å²) in [5, 5.41) is 0. The van der Waals surface area contributed by atoms with Crippen LogP contribution in [0.3, 0.4) is 0 Å². The number of amides is 1. The third kappa shape index (κ3) is 2.82. The van der Waals surface area contributed by atoms with E-state index >= 15 is 0 Å². The average Bonchev–Trinajstić information content (AvgIpc) is 2.16. The molecule has 0 saturated carbocycles. The fraction of sp³-hybridized carbons (Fsp3) is 0.333. The summed E-state index contributed by atoms with van der Waals surface area (Å²) in [5.74, 6) is -1.18. The van der Waals surface area contributed by atoms with E-state index in [0.717, 1.165) is 11.1 Å². The Labute approximate surface area is 94.4 Å². The molecule has 1 amide bonds. The van der Waals surface area contributed by atoms with Crippen molar-refractivity contribution in [2.45, 2.75) is 26.9 Å². The van der Waals surface area contributed by atoms with Gasteiger partial charge in [0.2, 0.25) is 0 Å². The zero-order valence-electron chi connectivity index (χ0n) is 9.61. The van der Waals surface area contributed by atoms with Crippen LogP contribution in [0.2, 0.25) is 0 Å². The van der Waals surface area contributed by atoms with Gasteiger partial charge in [-0.1, -0.05) is 17.7 Å². The molecule has 0 aliphatic heterocycles. The lowest BCUT2D eigenvalue weighted by molar-refractivity contribution is -0.125. The molecule has 0 aliphatic rings. The molecule has 1 aromatic rings. The smallest absolute Gasteiger partial charge is 0.339 e. The predicted octanol–water partition coefficient (Wildman–Crippen LogP) is 1.33. The fourth-order valence-electron chi connectivity index (χ4n) is 1.32. The Morgan fingerprint density at radius 2 is 1.94 bits per heavy atom. The number of rotatable bonds is 3.